The first kappa shape index (κ1) is 24.2. The molecule has 4 rings (SSSR count). The predicted octanol–water partition coefficient (Wildman–Crippen LogP) is 4.51. The first-order chi connectivity index (χ1) is 17.0. The number of rotatable bonds is 7. The third kappa shape index (κ3) is 6.13. The van der Waals surface area contributed by atoms with Gasteiger partial charge < -0.3 is 15.0 Å². The van der Waals surface area contributed by atoms with Crippen molar-refractivity contribution in [3.8, 4) is 0 Å². The second-order valence-corrected chi connectivity index (χ2v) is 8.26. The van der Waals surface area contributed by atoms with E-state index in [9.17, 15) is 14.0 Å². The lowest BCUT2D eigenvalue weighted by molar-refractivity contribution is -0.147. The van der Waals surface area contributed by atoms with Gasteiger partial charge in [-0.2, -0.15) is 0 Å². The fraction of sp³-hybridized carbons (Fsp3) is 0.214. The standard InChI is InChI=1S/C28H28FN3O3/c1-35-28(34)27(22-10-6-3-7-11-22)32-18-16-31(17-19-32)25-14-13-23(20-24(25)29)30-26(33)15-12-21-8-4-2-5-9-21/h2-15,20,27H,16-19H2,1H3,(H,30,33)/b15-12+. The van der Waals surface area contributed by atoms with E-state index in [1.165, 1.54) is 19.3 Å². The highest BCUT2D eigenvalue weighted by atomic mass is 19.1. The second kappa shape index (κ2) is 11.4. The first-order valence-corrected chi connectivity index (χ1v) is 11.5. The maximum Gasteiger partial charge on any atom is 0.327 e. The maximum absolute atomic E-state index is 14.9. The third-order valence-electron chi connectivity index (χ3n) is 6.00. The van der Waals surface area contributed by atoms with Crippen molar-refractivity contribution >= 4 is 29.3 Å². The molecule has 1 atom stereocenters. The smallest absolute Gasteiger partial charge is 0.327 e. The number of ether oxygens (including phenoxy) is 1. The van der Waals surface area contributed by atoms with Gasteiger partial charge in [0.1, 0.15) is 11.9 Å². The van der Waals surface area contributed by atoms with E-state index in [1.54, 1.807) is 18.2 Å². The molecule has 1 unspecified atom stereocenters. The number of benzene rings is 3. The van der Waals surface area contributed by atoms with E-state index in [4.69, 9.17) is 4.74 Å². The number of methoxy groups -OCH3 is 1. The lowest BCUT2D eigenvalue weighted by Gasteiger charge is -2.39. The summed E-state index contributed by atoms with van der Waals surface area (Å²) in [6, 6.07) is 23.2. The van der Waals surface area contributed by atoms with Gasteiger partial charge >= 0.3 is 5.97 Å². The lowest BCUT2D eigenvalue weighted by Crippen LogP contribution is -2.49. The Labute approximate surface area is 204 Å². The van der Waals surface area contributed by atoms with Crippen LogP contribution in [0.4, 0.5) is 15.8 Å². The Morgan fingerprint density at radius 1 is 0.943 bits per heavy atom. The number of nitrogens with one attached hydrogen (secondary N) is 1. The molecule has 0 spiro atoms. The van der Waals surface area contributed by atoms with Gasteiger partial charge in [-0.05, 0) is 35.4 Å². The number of piperazine rings is 1. The average Bonchev–Trinajstić information content (AvgIpc) is 2.89. The highest BCUT2D eigenvalue weighted by Gasteiger charge is 2.31. The van der Waals surface area contributed by atoms with Crippen molar-refractivity contribution < 1.29 is 18.7 Å². The van der Waals surface area contributed by atoms with Crippen LogP contribution in [-0.2, 0) is 14.3 Å². The van der Waals surface area contributed by atoms with Gasteiger partial charge in [-0.15, -0.1) is 0 Å². The molecular weight excluding hydrogens is 445 g/mol. The molecule has 3 aromatic carbocycles. The topological polar surface area (TPSA) is 61.9 Å². The van der Waals surface area contributed by atoms with Crippen LogP contribution < -0.4 is 10.2 Å². The highest BCUT2D eigenvalue weighted by molar-refractivity contribution is 6.02. The molecule has 7 heteroatoms. The molecule has 1 heterocycles. The number of hydrogen-bond acceptors (Lipinski definition) is 5. The van der Waals surface area contributed by atoms with Gasteiger partial charge in [0, 0.05) is 37.9 Å². The summed E-state index contributed by atoms with van der Waals surface area (Å²) in [5, 5.41) is 2.70. The van der Waals surface area contributed by atoms with E-state index < -0.39 is 11.9 Å². The van der Waals surface area contributed by atoms with Crippen LogP contribution >= 0.6 is 0 Å². The molecule has 0 bridgehead atoms. The summed E-state index contributed by atoms with van der Waals surface area (Å²) in [6.45, 7) is 2.28. The number of halogens is 1. The van der Waals surface area contributed by atoms with Crippen LogP contribution in [-0.4, -0.2) is 50.1 Å². The van der Waals surface area contributed by atoms with Gasteiger partial charge in [-0.25, -0.2) is 9.18 Å². The Kier molecular flexibility index (Phi) is 7.90. The SMILES string of the molecule is COC(=O)C(c1ccccc1)N1CCN(c2ccc(NC(=O)/C=C/c3ccccc3)cc2F)CC1. The van der Waals surface area contributed by atoms with E-state index in [1.807, 2.05) is 65.6 Å². The molecule has 1 aliphatic heterocycles. The van der Waals surface area contributed by atoms with E-state index in [2.05, 4.69) is 10.2 Å². The van der Waals surface area contributed by atoms with Crippen LogP contribution in [0.15, 0.2) is 84.9 Å². The molecule has 1 amide bonds. The number of amides is 1. The van der Waals surface area contributed by atoms with Crippen LogP contribution in [0.2, 0.25) is 0 Å². The van der Waals surface area contributed by atoms with Gasteiger partial charge in [-0.3, -0.25) is 9.69 Å². The number of carbonyl (C=O) groups is 2. The number of carbonyl (C=O) groups excluding carboxylic acids is 2. The zero-order chi connectivity index (χ0) is 24.6. The highest BCUT2D eigenvalue weighted by Crippen LogP contribution is 2.28. The summed E-state index contributed by atoms with van der Waals surface area (Å²) < 4.78 is 20.0. The van der Waals surface area contributed by atoms with Crippen molar-refractivity contribution in [1.82, 2.24) is 4.90 Å². The van der Waals surface area contributed by atoms with Crippen LogP contribution in [0.3, 0.4) is 0 Å². The molecule has 1 N–H and O–H groups in total. The zero-order valence-corrected chi connectivity index (χ0v) is 19.6. The van der Waals surface area contributed by atoms with Crippen LogP contribution in [0.5, 0.6) is 0 Å². The number of hydrogen-bond donors (Lipinski definition) is 1. The van der Waals surface area contributed by atoms with E-state index in [0.29, 0.717) is 37.6 Å². The lowest BCUT2D eigenvalue weighted by atomic mass is 10.0. The van der Waals surface area contributed by atoms with Crippen LogP contribution in [0.1, 0.15) is 17.2 Å². The number of nitrogens with zero attached hydrogens (tertiary/aromatic N) is 2. The Balaban J connectivity index is 1.38. The molecule has 0 aliphatic carbocycles. The summed E-state index contributed by atoms with van der Waals surface area (Å²) in [6.07, 6.45) is 3.13. The predicted molar refractivity (Wildman–Crippen MR) is 135 cm³/mol. The van der Waals surface area contributed by atoms with Crippen molar-refractivity contribution in [2.24, 2.45) is 0 Å². The monoisotopic (exact) mass is 473 g/mol. The van der Waals surface area contributed by atoms with Crippen molar-refractivity contribution in [2.75, 3.05) is 43.5 Å². The van der Waals surface area contributed by atoms with Crippen molar-refractivity contribution in [1.29, 1.82) is 0 Å². The normalized spacial score (nSPS) is 15.1. The molecule has 0 aromatic heterocycles. The van der Waals surface area contributed by atoms with Crippen LogP contribution in [0.25, 0.3) is 6.08 Å². The van der Waals surface area contributed by atoms with Crippen molar-refractivity contribution in [3.05, 3.63) is 102 Å². The van der Waals surface area contributed by atoms with E-state index >= 15 is 0 Å². The third-order valence-corrected chi connectivity index (χ3v) is 6.00. The minimum atomic E-state index is -0.491. The van der Waals surface area contributed by atoms with Gasteiger partial charge in [-0.1, -0.05) is 60.7 Å². The fourth-order valence-corrected chi connectivity index (χ4v) is 4.23. The van der Waals surface area contributed by atoms with E-state index in [0.717, 1.165) is 11.1 Å². The zero-order valence-electron chi connectivity index (χ0n) is 19.6. The second-order valence-electron chi connectivity index (χ2n) is 8.26. The maximum atomic E-state index is 14.9. The quantitative estimate of drug-likeness (QED) is 0.404. The summed E-state index contributed by atoms with van der Waals surface area (Å²) in [7, 11) is 1.39. The van der Waals surface area contributed by atoms with Crippen molar-refractivity contribution in [3.63, 3.8) is 0 Å². The Morgan fingerprint density at radius 2 is 1.60 bits per heavy atom. The largest absolute Gasteiger partial charge is 0.468 e. The van der Waals surface area contributed by atoms with Gasteiger partial charge in [0.2, 0.25) is 5.91 Å². The summed E-state index contributed by atoms with van der Waals surface area (Å²) in [5.41, 5.74) is 2.64. The first-order valence-electron chi connectivity index (χ1n) is 11.5. The molecule has 0 radical (unpaired) electrons. The molecule has 1 aliphatic rings. The molecule has 35 heavy (non-hydrogen) atoms. The fourth-order valence-electron chi connectivity index (χ4n) is 4.23. The van der Waals surface area contributed by atoms with Gasteiger partial charge in [0.25, 0.3) is 0 Å². The van der Waals surface area contributed by atoms with Crippen molar-refractivity contribution in [2.45, 2.75) is 6.04 Å². The molecule has 3 aromatic rings. The molecular formula is C28H28FN3O3. The molecule has 1 fully saturated rings. The molecule has 1 saturated heterocycles. The number of esters is 1. The summed E-state index contributed by atoms with van der Waals surface area (Å²) in [4.78, 5) is 28.7. The Morgan fingerprint density at radius 3 is 2.23 bits per heavy atom. The average molecular weight is 474 g/mol. The minimum Gasteiger partial charge on any atom is -0.468 e. The van der Waals surface area contributed by atoms with Gasteiger partial charge in [0.05, 0.1) is 12.8 Å². The molecule has 180 valence electrons. The van der Waals surface area contributed by atoms with Gasteiger partial charge in [0.15, 0.2) is 0 Å². The summed E-state index contributed by atoms with van der Waals surface area (Å²) >= 11 is 0. The minimum absolute atomic E-state index is 0.308. The molecule has 6 nitrogen and oxygen atoms in total. The van der Waals surface area contributed by atoms with E-state index in [-0.39, 0.29) is 11.9 Å². The van der Waals surface area contributed by atoms with Crippen LogP contribution in [0, 0.1) is 5.82 Å². The Bertz CT molecular complexity index is 1180. The molecule has 0 saturated carbocycles. The Hall–Kier alpha value is -3.97. The number of anilines is 2. The summed E-state index contributed by atoms with van der Waals surface area (Å²) in [5.74, 6) is -1.04.